The maximum absolute atomic E-state index is 8.98. The monoisotopic (exact) mass is 102 g/mol. The smallest absolute Gasteiger partial charge is 0.129 e. The molecule has 1 atom stereocenters. The summed E-state index contributed by atoms with van der Waals surface area (Å²) in [6, 6.07) is 0. The molecule has 0 aromatic rings. The Morgan fingerprint density at radius 3 is 2.43 bits per heavy atom. The van der Waals surface area contributed by atoms with Crippen molar-refractivity contribution in [3.63, 3.8) is 0 Å². The normalized spacial score (nSPS) is 40.3. The Kier molecular flexibility index (Phi) is 1.03. The average molecular weight is 102 g/mol. The Morgan fingerprint density at radius 1 is 1.86 bits per heavy atom. The van der Waals surface area contributed by atoms with Crippen LogP contribution in [0.5, 0.6) is 0 Å². The van der Waals surface area contributed by atoms with Gasteiger partial charge in [0.25, 0.3) is 0 Å². The lowest BCUT2D eigenvalue weighted by atomic mass is 10.0. The van der Waals surface area contributed by atoms with Gasteiger partial charge in [0.05, 0.1) is 0 Å². The van der Waals surface area contributed by atoms with Crippen LogP contribution < -0.4 is 11.1 Å². The molecule has 0 aromatic heterocycles. The van der Waals surface area contributed by atoms with E-state index in [0.717, 1.165) is 13.0 Å². The molecule has 1 aliphatic rings. The van der Waals surface area contributed by atoms with Crippen molar-refractivity contribution in [2.24, 2.45) is 5.73 Å². The summed E-state index contributed by atoms with van der Waals surface area (Å²) in [5.74, 6) is 0. The molecular formula is C4H10N2O. The summed E-state index contributed by atoms with van der Waals surface area (Å²) in [6.45, 7) is 1.22. The Hall–Kier alpha value is -0.120. The van der Waals surface area contributed by atoms with Crippen molar-refractivity contribution in [3.8, 4) is 0 Å². The Balaban J connectivity index is 2.29. The Morgan fingerprint density at radius 2 is 2.43 bits per heavy atom. The fourth-order valence-corrected chi connectivity index (χ4v) is 0.588. The van der Waals surface area contributed by atoms with E-state index in [1.54, 1.807) is 0 Å². The molecule has 1 saturated heterocycles. The van der Waals surface area contributed by atoms with E-state index in [2.05, 4.69) is 5.32 Å². The van der Waals surface area contributed by atoms with Crippen molar-refractivity contribution in [3.05, 3.63) is 0 Å². The highest BCUT2D eigenvalue weighted by molar-refractivity contribution is 4.86. The van der Waals surface area contributed by atoms with Crippen molar-refractivity contribution < 1.29 is 5.11 Å². The highest BCUT2D eigenvalue weighted by Gasteiger charge is 2.31. The van der Waals surface area contributed by atoms with Crippen molar-refractivity contribution in [1.82, 2.24) is 5.32 Å². The van der Waals surface area contributed by atoms with Crippen molar-refractivity contribution in [2.75, 3.05) is 13.1 Å². The van der Waals surface area contributed by atoms with Crippen LogP contribution in [0, 0.1) is 0 Å². The van der Waals surface area contributed by atoms with Crippen LogP contribution in [0.25, 0.3) is 0 Å². The standard InChI is InChI=1S/C4H10N2O/c5-3-4(7)1-2-6-4/h6-7H,1-3,5H2. The molecule has 0 aromatic carbocycles. The zero-order valence-electron chi connectivity index (χ0n) is 4.15. The van der Waals surface area contributed by atoms with E-state index in [1.807, 2.05) is 0 Å². The van der Waals surface area contributed by atoms with Crippen LogP contribution in [0.4, 0.5) is 0 Å². The van der Waals surface area contributed by atoms with Gasteiger partial charge in [0.1, 0.15) is 5.72 Å². The third-order valence-electron chi connectivity index (χ3n) is 1.33. The molecule has 1 aliphatic heterocycles. The van der Waals surface area contributed by atoms with Crippen LogP contribution in [-0.4, -0.2) is 23.9 Å². The number of hydrogen-bond donors (Lipinski definition) is 3. The van der Waals surface area contributed by atoms with Gasteiger partial charge in [-0.2, -0.15) is 0 Å². The maximum atomic E-state index is 8.98. The lowest BCUT2D eigenvalue weighted by Crippen LogP contribution is -2.61. The number of rotatable bonds is 1. The van der Waals surface area contributed by atoms with E-state index in [1.165, 1.54) is 0 Å². The molecule has 1 heterocycles. The second-order valence-electron chi connectivity index (χ2n) is 1.91. The lowest BCUT2D eigenvalue weighted by Gasteiger charge is -2.36. The molecule has 4 N–H and O–H groups in total. The van der Waals surface area contributed by atoms with Gasteiger partial charge in [0, 0.05) is 19.5 Å². The van der Waals surface area contributed by atoms with Crippen molar-refractivity contribution >= 4 is 0 Å². The third-order valence-corrected chi connectivity index (χ3v) is 1.33. The van der Waals surface area contributed by atoms with Crippen LogP contribution in [0.15, 0.2) is 0 Å². The largest absolute Gasteiger partial charge is 0.374 e. The second-order valence-corrected chi connectivity index (χ2v) is 1.91. The van der Waals surface area contributed by atoms with Gasteiger partial charge in [-0.25, -0.2) is 0 Å². The Labute approximate surface area is 42.5 Å². The van der Waals surface area contributed by atoms with Crippen LogP contribution in [0.1, 0.15) is 6.42 Å². The summed E-state index contributed by atoms with van der Waals surface area (Å²) >= 11 is 0. The summed E-state index contributed by atoms with van der Waals surface area (Å²) < 4.78 is 0. The molecule has 0 spiro atoms. The van der Waals surface area contributed by atoms with E-state index < -0.39 is 5.72 Å². The van der Waals surface area contributed by atoms with Crippen LogP contribution >= 0.6 is 0 Å². The number of aliphatic hydroxyl groups is 1. The van der Waals surface area contributed by atoms with E-state index in [0.29, 0.717) is 6.54 Å². The number of hydrogen-bond acceptors (Lipinski definition) is 3. The zero-order chi connectivity index (χ0) is 5.33. The Bertz CT molecular complexity index is 64.6. The van der Waals surface area contributed by atoms with Crippen molar-refractivity contribution in [1.29, 1.82) is 0 Å². The molecule has 42 valence electrons. The van der Waals surface area contributed by atoms with Gasteiger partial charge in [-0.1, -0.05) is 0 Å². The maximum Gasteiger partial charge on any atom is 0.129 e. The van der Waals surface area contributed by atoms with E-state index in [-0.39, 0.29) is 0 Å². The summed E-state index contributed by atoms with van der Waals surface area (Å²) in [6.07, 6.45) is 0.795. The fraction of sp³-hybridized carbons (Fsp3) is 1.00. The van der Waals surface area contributed by atoms with E-state index in [9.17, 15) is 0 Å². The zero-order valence-corrected chi connectivity index (χ0v) is 4.15. The SMILES string of the molecule is NCC1(O)CCN1. The quantitative estimate of drug-likeness (QED) is 0.383. The molecular weight excluding hydrogens is 92.1 g/mol. The molecule has 0 bridgehead atoms. The van der Waals surface area contributed by atoms with Crippen molar-refractivity contribution in [2.45, 2.75) is 12.1 Å². The third kappa shape index (κ3) is 0.748. The van der Waals surface area contributed by atoms with Gasteiger partial charge < -0.3 is 10.8 Å². The summed E-state index contributed by atoms with van der Waals surface area (Å²) in [4.78, 5) is 0. The summed E-state index contributed by atoms with van der Waals surface area (Å²) in [7, 11) is 0. The molecule has 7 heavy (non-hydrogen) atoms. The van der Waals surface area contributed by atoms with Gasteiger partial charge in [0.2, 0.25) is 0 Å². The molecule has 3 heteroatoms. The second kappa shape index (κ2) is 1.43. The first-order chi connectivity index (χ1) is 3.27. The first kappa shape index (κ1) is 5.03. The fourth-order valence-electron chi connectivity index (χ4n) is 0.588. The molecule has 1 rings (SSSR count). The van der Waals surface area contributed by atoms with E-state index >= 15 is 0 Å². The molecule has 0 saturated carbocycles. The minimum atomic E-state index is -0.708. The van der Waals surface area contributed by atoms with Gasteiger partial charge >= 0.3 is 0 Å². The number of nitrogens with one attached hydrogen (secondary N) is 1. The van der Waals surface area contributed by atoms with E-state index in [4.69, 9.17) is 10.8 Å². The molecule has 0 radical (unpaired) electrons. The van der Waals surface area contributed by atoms with Gasteiger partial charge in [-0.3, -0.25) is 5.32 Å². The van der Waals surface area contributed by atoms with Crippen LogP contribution in [-0.2, 0) is 0 Å². The average Bonchev–Trinajstić information content (AvgIpc) is 1.61. The number of nitrogens with two attached hydrogens (primary N) is 1. The van der Waals surface area contributed by atoms with Gasteiger partial charge in [0.15, 0.2) is 0 Å². The first-order valence-corrected chi connectivity index (χ1v) is 2.44. The molecule has 0 amide bonds. The molecule has 0 aliphatic carbocycles. The molecule has 1 fully saturated rings. The minimum absolute atomic E-state index is 0.326. The lowest BCUT2D eigenvalue weighted by molar-refractivity contribution is -0.0451. The van der Waals surface area contributed by atoms with Gasteiger partial charge in [-0.15, -0.1) is 0 Å². The summed E-state index contributed by atoms with van der Waals surface area (Å²) in [5, 5.41) is 11.8. The first-order valence-electron chi connectivity index (χ1n) is 2.44. The summed E-state index contributed by atoms with van der Waals surface area (Å²) in [5.41, 5.74) is 4.45. The van der Waals surface area contributed by atoms with Crippen LogP contribution in [0.3, 0.4) is 0 Å². The molecule has 3 nitrogen and oxygen atoms in total. The minimum Gasteiger partial charge on any atom is -0.374 e. The topological polar surface area (TPSA) is 58.3 Å². The highest BCUT2D eigenvalue weighted by Crippen LogP contribution is 2.11. The van der Waals surface area contributed by atoms with Gasteiger partial charge in [-0.05, 0) is 0 Å². The highest BCUT2D eigenvalue weighted by atomic mass is 16.3. The van der Waals surface area contributed by atoms with Crippen LogP contribution in [0.2, 0.25) is 0 Å². The molecule has 1 unspecified atom stereocenters. The predicted octanol–water partition coefficient (Wildman–Crippen LogP) is -1.37. The predicted molar refractivity (Wildman–Crippen MR) is 26.6 cm³/mol.